The molecule has 5 nitrogen and oxygen atoms in total. The molecule has 0 radical (unpaired) electrons. The number of hydrogen-bond donors (Lipinski definition) is 1. The van der Waals surface area contributed by atoms with E-state index in [-0.39, 0.29) is 30.1 Å². The molecule has 164 valence electrons. The summed E-state index contributed by atoms with van der Waals surface area (Å²) >= 11 is 0. The molecule has 3 aromatic carbocycles. The third kappa shape index (κ3) is 4.99. The van der Waals surface area contributed by atoms with Gasteiger partial charge in [-0.15, -0.1) is 0 Å². The Bertz CT molecular complexity index is 996. The Hall–Kier alpha value is -3.60. The molecule has 1 aliphatic heterocycles. The van der Waals surface area contributed by atoms with Gasteiger partial charge in [-0.3, -0.25) is 9.59 Å². The molecule has 1 aliphatic rings. The van der Waals surface area contributed by atoms with Crippen LogP contribution in [0.3, 0.4) is 0 Å². The predicted molar refractivity (Wildman–Crippen MR) is 126 cm³/mol. The Morgan fingerprint density at radius 3 is 2.12 bits per heavy atom. The predicted octanol–water partition coefficient (Wildman–Crippen LogP) is 4.39. The Balaban J connectivity index is 1.41. The molecule has 0 saturated carbocycles. The fraction of sp³-hybridized carbons (Fsp3) is 0.259. The number of ether oxygens (including phenoxy) is 1. The van der Waals surface area contributed by atoms with Crippen LogP contribution in [0.1, 0.15) is 30.4 Å². The summed E-state index contributed by atoms with van der Waals surface area (Å²) in [6.07, 6.45) is 0.223. The highest BCUT2D eigenvalue weighted by molar-refractivity contribution is 6.00. The molecule has 5 heteroatoms. The zero-order chi connectivity index (χ0) is 22.3. The van der Waals surface area contributed by atoms with E-state index in [1.807, 2.05) is 67.6 Å². The number of nitrogens with zero attached hydrogens (tertiary/aromatic N) is 1. The number of nitrogens with one attached hydrogen (secondary N) is 1. The highest BCUT2D eigenvalue weighted by atomic mass is 16.5. The van der Waals surface area contributed by atoms with Gasteiger partial charge in [0.05, 0.1) is 12.5 Å². The molecular weight excluding hydrogens is 400 g/mol. The van der Waals surface area contributed by atoms with Crippen LogP contribution in [0.15, 0.2) is 84.9 Å². The number of hydrogen-bond acceptors (Lipinski definition) is 3. The fourth-order valence-corrected chi connectivity index (χ4v) is 4.17. The van der Waals surface area contributed by atoms with Crippen molar-refractivity contribution in [2.75, 3.05) is 24.6 Å². The summed E-state index contributed by atoms with van der Waals surface area (Å²) in [7, 11) is 0. The maximum atomic E-state index is 13.0. The number of rotatable bonds is 8. The molecule has 1 N–H and O–H groups in total. The molecule has 0 bridgehead atoms. The number of amides is 2. The van der Waals surface area contributed by atoms with Crippen LogP contribution in [0.5, 0.6) is 5.75 Å². The van der Waals surface area contributed by atoms with Crippen LogP contribution in [-0.2, 0) is 9.59 Å². The summed E-state index contributed by atoms with van der Waals surface area (Å²) < 4.78 is 5.47. The number of carbonyl (C=O) groups is 2. The smallest absolute Gasteiger partial charge is 0.227 e. The molecule has 3 aromatic rings. The summed E-state index contributed by atoms with van der Waals surface area (Å²) in [6, 6.07) is 27.8. The first kappa shape index (κ1) is 21.6. The third-order valence-corrected chi connectivity index (χ3v) is 5.84. The molecular formula is C27H28N2O3. The molecule has 1 fully saturated rings. The number of carbonyl (C=O) groups excluding carboxylic acids is 2. The second kappa shape index (κ2) is 10.1. The fourth-order valence-electron chi connectivity index (χ4n) is 4.17. The summed E-state index contributed by atoms with van der Waals surface area (Å²) in [6.45, 7) is 3.40. The van der Waals surface area contributed by atoms with E-state index >= 15 is 0 Å². The lowest BCUT2D eigenvalue weighted by atomic mass is 9.91. The van der Waals surface area contributed by atoms with Gasteiger partial charge in [0.25, 0.3) is 0 Å². The Labute approximate surface area is 189 Å². The van der Waals surface area contributed by atoms with Crippen LogP contribution in [0.4, 0.5) is 5.69 Å². The van der Waals surface area contributed by atoms with Gasteiger partial charge in [0.1, 0.15) is 5.75 Å². The molecule has 2 amide bonds. The average molecular weight is 429 g/mol. The standard InChI is InChI=1S/C27H28N2O3/c1-2-32-24-15-13-23(14-16-24)29-19-22(17-26(29)30)27(31)28-18-25(20-9-5-3-6-10-20)21-11-7-4-8-12-21/h3-16,22,25H,2,17-19H2,1H3,(H,28,31)/t22-/m1/s1. The van der Waals surface area contributed by atoms with Gasteiger partial charge >= 0.3 is 0 Å². The lowest BCUT2D eigenvalue weighted by molar-refractivity contribution is -0.126. The Morgan fingerprint density at radius 1 is 0.969 bits per heavy atom. The SMILES string of the molecule is CCOc1ccc(N2C[C@H](C(=O)NCC(c3ccccc3)c3ccccc3)CC2=O)cc1. The van der Waals surface area contributed by atoms with Crippen molar-refractivity contribution in [3.05, 3.63) is 96.1 Å². The van der Waals surface area contributed by atoms with E-state index in [0.717, 1.165) is 22.6 Å². The third-order valence-electron chi connectivity index (χ3n) is 5.84. The first-order chi connectivity index (χ1) is 15.7. The van der Waals surface area contributed by atoms with Crippen molar-refractivity contribution in [1.29, 1.82) is 0 Å². The molecule has 32 heavy (non-hydrogen) atoms. The second-order valence-corrected chi connectivity index (χ2v) is 7.95. The first-order valence-electron chi connectivity index (χ1n) is 11.1. The van der Waals surface area contributed by atoms with Crippen LogP contribution in [0.25, 0.3) is 0 Å². The van der Waals surface area contributed by atoms with Gasteiger partial charge in [-0.2, -0.15) is 0 Å². The molecule has 1 saturated heterocycles. The lowest BCUT2D eigenvalue weighted by Gasteiger charge is -2.20. The van der Waals surface area contributed by atoms with Crippen molar-refractivity contribution in [2.45, 2.75) is 19.3 Å². The molecule has 0 aromatic heterocycles. The zero-order valence-corrected chi connectivity index (χ0v) is 18.2. The summed E-state index contributed by atoms with van der Waals surface area (Å²) in [5, 5.41) is 3.10. The maximum Gasteiger partial charge on any atom is 0.227 e. The van der Waals surface area contributed by atoms with E-state index in [2.05, 4.69) is 29.6 Å². The average Bonchev–Trinajstić information content (AvgIpc) is 3.23. The van der Waals surface area contributed by atoms with Crippen molar-refractivity contribution >= 4 is 17.5 Å². The number of anilines is 1. The van der Waals surface area contributed by atoms with Crippen LogP contribution < -0.4 is 15.0 Å². The van der Waals surface area contributed by atoms with Gasteiger partial charge in [-0.05, 0) is 42.3 Å². The molecule has 4 rings (SSSR count). The van der Waals surface area contributed by atoms with Gasteiger partial charge < -0.3 is 15.0 Å². The molecule has 1 heterocycles. The quantitative estimate of drug-likeness (QED) is 0.579. The number of benzene rings is 3. The molecule has 1 atom stereocenters. The van der Waals surface area contributed by atoms with E-state index in [9.17, 15) is 9.59 Å². The normalized spacial score (nSPS) is 15.8. The van der Waals surface area contributed by atoms with Gasteiger partial charge in [0.15, 0.2) is 0 Å². The van der Waals surface area contributed by atoms with Crippen molar-refractivity contribution in [3.8, 4) is 5.75 Å². The topological polar surface area (TPSA) is 58.6 Å². The van der Waals surface area contributed by atoms with E-state index in [1.165, 1.54) is 0 Å². The minimum atomic E-state index is -0.360. The molecule has 0 unspecified atom stereocenters. The first-order valence-corrected chi connectivity index (χ1v) is 11.1. The minimum absolute atomic E-state index is 0.0306. The van der Waals surface area contributed by atoms with Crippen LogP contribution >= 0.6 is 0 Å². The van der Waals surface area contributed by atoms with E-state index < -0.39 is 0 Å². The van der Waals surface area contributed by atoms with Gasteiger partial charge in [0.2, 0.25) is 11.8 Å². The maximum absolute atomic E-state index is 13.0. The summed E-state index contributed by atoms with van der Waals surface area (Å²) in [5.74, 6) is 0.354. The highest BCUT2D eigenvalue weighted by Crippen LogP contribution is 2.28. The molecule has 0 aliphatic carbocycles. The van der Waals surface area contributed by atoms with E-state index in [4.69, 9.17) is 4.74 Å². The molecule has 0 spiro atoms. The lowest BCUT2D eigenvalue weighted by Crippen LogP contribution is -2.35. The zero-order valence-electron chi connectivity index (χ0n) is 18.2. The Kier molecular flexibility index (Phi) is 6.85. The van der Waals surface area contributed by atoms with Gasteiger partial charge in [-0.25, -0.2) is 0 Å². The van der Waals surface area contributed by atoms with Crippen molar-refractivity contribution in [3.63, 3.8) is 0 Å². The van der Waals surface area contributed by atoms with Crippen molar-refractivity contribution < 1.29 is 14.3 Å². The minimum Gasteiger partial charge on any atom is -0.494 e. The monoisotopic (exact) mass is 428 g/mol. The van der Waals surface area contributed by atoms with E-state index in [1.54, 1.807) is 4.90 Å². The second-order valence-electron chi connectivity index (χ2n) is 7.95. The summed E-state index contributed by atoms with van der Waals surface area (Å²) in [5.41, 5.74) is 3.09. The van der Waals surface area contributed by atoms with Crippen molar-refractivity contribution in [1.82, 2.24) is 5.32 Å². The van der Waals surface area contributed by atoms with E-state index in [0.29, 0.717) is 19.7 Å². The Morgan fingerprint density at radius 2 is 1.56 bits per heavy atom. The van der Waals surface area contributed by atoms with Crippen LogP contribution in [0, 0.1) is 5.92 Å². The summed E-state index contributed by atoms with van der Waals surface area (Å²) in [4.78, 5) is 27.2. The van der Waals surface area contributed by atoms with Crippen molar-refractivity contribution in [2.24, 2.45) is 5.92 Å². The van der Waals surface area contributed by atoms with Crippen LogP contribution in [-0.4, -0.2) is 31.5 Å². The highest BCUT2D eigenvalue weighted by Gasteiger charge is 2.35. The van der Waals surface area contributed by atoms with Gasteiger partial charge in [0, 0.05) is 31.1 Å². The largest absolute Gasteiger partial charge is 0.494 e. The van der Waals surface area contributed by atoms with Gasteiger partial charge in [-0.1, -0.05) is 60.7 Å². The van der Waals surface area contributed by atoms with Crippen LogP contribution in [0.2, 0.25) is 0 Å².